The first-order valence-electron chi connectivity index (χ1n) is 7.50. The van der Waals surface area contributed by atoms with Crippen molar-refractivity contribution in [2.75, 3.05) is 0 Å². The van der Waals surface area contributed by atoms with Crippen LogP contribution in [0.3, 0.4) is 0 Å². The molecule has 2 aromatic rings. The summed E-state index contributed by atoms with van der Waals surface area (Å²) in [4.78, 5) is 23.1. The van der Waals surface area contributed by atoms with Crippen LogP contribution in [-0.4, -0.2) is 31.5 Å². The summed E-state index contributed by atoms with van der Waals surface area (Å²) < 4.78 is 0.169. The molecule has 0 aliphatic carbocycles. The normalized spacial score (nSPS) is 15.8. The lowest BCUT2D eigenvalue weighted by atomic mass is 10.2. The zero-order valence-electron chi connectivity index (χ0n) is 13.7. The first-order chi connectivity index (χ1) is 13.3. The molecule has 2 aromatic carbocycles. The Balaban J connectivity index is 1.86. The third-order valence-electron chi connectivity index (χ3n) is 3.56. The van der Waals surface area contributed by atoms with Gasteiger partial charge in [0.25, 0.3) is 11.6 Å². The minimum atomic E-state index is -0.602. The Bertz CT molecular complexity index is 1070. The number of hydrogen-bond acceptors (Lipinski definition) is 7. The van der Waals surface area contributed by atoms with Gasteiger partial charge in [-0.1, -0.05) is 41.0 Å². The molecule has 0 spiro atoms. The SMILES string of the molecule is O=C1C(=Cc2ccc(Cl)cc2Cl)SC(=S)N1/N=C/c1cc([N+](=O)[O-])ccc1O. The van der Waals surface area contributed by atoms with Gasteiger partial charge in [0.1, 0.15) is 5.75 Å². The Hall–Kier alpha value is -2.46. The number of halogens is 2. The van der Waals surface area contributed by atoms with Gasteiger partial charge in [0.2, 0.25) is 0 Å². The summed E-state index contributed by atoms with van der Waals surface area (Å²) in [7, 11) is 0. The molecule has 0 aromatic heterocycles. The van der Waals surface area contributed by atoms with E-state index in [0.717, 1.165) is 35.1 Å². The number of benzene rings is 2. The van der Waals surface area contributed by atoms with E-state index in [1.54, 1.807) is 24.3 Å². The van der Waals surface area contributed by atoms with Gasteiger partial charge in [0.15, 0.2) is 4.32 Å². The predicted octanol–water partition coefficient (Wildman–Crippen LogP) is 4.84. The summed E-state index contributed by atoms with van der Waals surface area (Å²) in [5, 5.41) is 26.5. The van der Waals surface area contributed by atoms with Crippen LogP contribution in [0.5, 0.6) is 5.75 Å². The van der Waals surface area contributed by atoms with Crippen molar-refractivity contribution in [3.05, 3.63) is 72.6 Å². The number of nitrogens with zero attached hydrogens (tertiary/aromatic N) is 3. The van der Waals surface area contributed by atoms with E-state index in [-0.39, 0.29) is 21.3 Å². The van der Waals surface area contributed by atoms with E-state index in [4.69, 9.17) is 35.4 Å². The number of phenolic OH excluding ortho intramolecular Hbond substituents is 1. The molecule has 0 unspecified atom stereocenters. The number of carbonyl (C=O) groups is 1. The van der Waals surface area contributed by atoms with E-state index >= 15 is 0 Å². The Morgan fingerprint density at radius 3 is 2.64 bits per heavy atom. The minimum absolute atomic E-state index is 0.0768. The predicted molar refractivity (Wildman–Crippen MR) is 114 cm³/mol. The van der Waals surface area contributed by atoms with Crippen molar-refractivity contribution >= 4 is 75.4 Å². The van der Waals surface area contributed by atoms with Crippen LogP contribution in [0.15, 0.2) is 46.4 Å². The molecule has 142 valence electrons. The fraction of sp³-hybridized carbons (Fsp3) is 0. The van der Waals surface area contributed by atoms with Crippen molar-refractivity contribution in [1.82, 2.24) is 5.01 Å². The van der Waals surface area contributed by atoms with Crippen molar-refractivity contribution in [3.8, 4) is 5.75 Å². The third kappa shape index (κ3) is 4.33. The van der Waals surface area contributed by atoms with Crippen LogP contribution in [0.4, 0.5) is 5.69 Å². The summed E-state index contributed by atoms with van der Waals surface area (Å²) in [6, 6.07) is 8.33. The molecular formula is C17H9Cl2N3O4S2. The Morgan fingerprint density at radius 2 is 1.96 bits per heavy atom. The Morgan fingerprint density at radius 1 is 1.21 bits per heavy atom. The number of thiocarbonyl (C=S) groups is 1. The van der Waals surface area contributed by atoms with Crippen molar-refractivity contribution in [2.24, 2.45) is 5.10 Å². The summed E-state index contributed by atoms with van der Waals surface area (Å²) in [6.45, 7) is 0. The van der Waals surface area contributed by atoms with Crippen molar-refractivity contribution in [2.45, 2.75) is 0 Å². The molecule has 28 heavy (non-hydrogen) atoms. The molecule has 1 N–H and O–H groups in total. The number of rotatable bonds is 4. The molecule has 1 amide bonds. The zero-order chi connectivity index (χ0) is 20.4. The molecule has 0 radical (unpaired) electrons. The highest BCUT2D eigenvalue weighted by Crippen LogP contribution is 2.34. The fourth-order valence-electron chi connectivity index (χ4n) is 2.20. The fourth-order valence-corrected chi connectivity index (χ4v) is 3.82. The number of non-ortho nitro benzene ring substituents is 1. The number of phenols is 1. The first-order valence-corrected chi connectivity index (χ1v) is 9.49. The van der Waals surface area contributed by atoms with Crippen LogP contribution >= 0.6 is 47.2 Å². The van der Waals surface area contributed by atoms with E-state index in [1.807, 2.05) is 0 Å². The van der Waals surface area contributed by atoms with Gasteiger partial charge in [-0.25, -0.2) is 0 Å². The number of hydrazone groups is 1. The highest BCUT2D eigenvalue weighted by molar-refractivity contribution is 8.26. The molecule has 11 heteroatoms. The molecule has 1 heterocycles. The Kier molecular flexibility index (Phi) is 5.99. The van der Waals surface area contributed by atoms with Gasteiger partial charge in [0, 0.05) is 27.7 Å². The average molecular weight is 454 g/mol. The third-order valence-corrected chi connectivity index (χ3v) is 5.40. The van der Waals surface area contributed by atoms with Crippen LogP contribution in [0.1, 0.15) is 11.1 Å². The maximum Gasteiger partial charge on any atom is 0.286 e. The van der Waals surface area contributed by atoms with E-state index in [9.17, 15) is 20.0 Å². The number of nitro groups is 1. The van der Waals surface area contributed by atoms with E-state index in [0.29, 0.717) is 20.5 Å². The number of nitro benzene ring substituents is 1. The highest BCUT2D eigenvalue weighted by atomic mass is 35.5. The van der Waals surface area contributed by atoms with Gasteiger partial charge in [-0.05, 0) is 42.1 Å². The molecule has 0 bridgehead atoms. The van der Waals surface area contributed by atoms with Crippen molar-refractivity contribution in [3.63, 3.8) is 0 Å². The van der Waals surface area contributed by atoms with Crippen LogP contribution in [0.2, 0.25) is 10.0 Å². The van der Waals surface area contributed by atoms with Gasteiger partial charge in [0.05, 0.1) is 16.0 Å². The average Bonchev–Trinajstić information content (AvgIpc) is 2.90. The minimum Gasteiger partial charge on any atom is -0.507 e. The molecule has 7 nitrogen and oxygen atoms in total. The maximum atomic E-state index is 12.6. The second kappa shape index (κ2) is 8.27. The van der Waals surface area contributed by atoms with E-state index in [2.05, 4.69) is 5.10 Å². The Labute approximate surface area is 178 Å². The quantitative estimate of drug-likeness (QED) is 0.234. The topological polar surface area (TPSA) is 96.0 Å². The van der Waals surface area contributed by atoms with Crippen molar-refractivity contribution in [1.29, 1.82) is 0 Å². The highest BCUT2D eigenvalue weighted by Gasteiger charge is 2.32. The van der Waals surface area contributed by atoms with Crippen LogP contribution < -0.4 is 0 Å². The van der Waals surface area contributed by atoms with Crippen LogP contribution in [0.25, 0.3) is 6.08 Å². The van der Waals surface area contributed by atoms with Gasteiger partial charge < -0.3 is 5.11 Å². The largest absolute Gasteiger partial charge is 0.507 e. The monoisotopic (exact) mass is 453 g/mol. The second-order valence-corrected chi connectivity index (χ2v) is 7.92. The molecule has 0 saturated carbocycles. The van der Waals surface area contributed by atoms with Gasteiger partial charge in [-0.2, -0.15) is 10.1 Å². The van der Waals surface area contributed by atoms with Crippen LogP contribution in [0, 0.1) is 10.1 Å². The molecule has 3 rings (SSSR count). The number of hydrogen-bond donors (Lipinski definition) is 1. The maximum absolute atomic E-state index is 12.6. The number of carbonyl (C=O) groups excluding carboxylic acids is 1. The standard InChI is InChI=1S/C17H9Cl2N3O4S2/c18-11-2-1-9(13(19)7-11)6-15-16(24)21(17(27)28-15)20-8-10-5-12(22(25)26)3-4-14(10)23/h1-8,23H/b15-6?,20-8+. The molecule has 1 fully saturated rings. The molecule has 1 aliphatic heterocycles. The first kappa shape index (κ1) is 20.3. The summed E-state index contributed by atoms with van der Waals surface area (Å²) >= 11 is 18.2. The molecular weight excluding hydrogens is 445 g/mol. The molecule has 1 saturated heterocycles. The molecule has 0 atom stereocenters. The lowest BCUT2D eigenvalue weighted by Gasteiger charge is -2.06. The van der Waals surface area contributed by atoms with Gasteiger partial charge >= 0.3 is 0 Å². The lowest BCUT2D eigenvalue weighted by Crippen LogP contribution is -2.22. The second-order valence-electron chi connectivity index (χ2n) is 5.40. The van der Waals surface area contributed by atoms with E-state index < -0.39 is 10.8 Å². The van der Waals surface area contributed by atoms with Crippen molar-refractivity contribution < 1.29 is 14.8 Å². The number of amides is 1. The smallest absolute Gasteiger partial charge is 0.286 e. The zero-order valence-corrected chi connectivity index (χ0v) is 16.8. The summed E-state index contributed by atoms with van der Waals surface area (Å²) in [6.07, 6.45) is 2.70. The number of thioether (sulfide) groups is 1. The van der Waals surface area contributed by atoms with E-state index in [1.165, 1.54) is 6.07 Å². The summed E-state index contributed by atoms with van der Waals surface area (Å²) in [5.74, 6) is -0.703. The summed E-state index contributed by atoms with van der Waals surface area (Å²) in [5.41, 5.74) is 0.446. The van der Waals surface area contributed by atoms with Gasteiger partial charge in [-0.15, -0.1) is 0 Å². The lowest BCUT2D eigenvalue weighted by molar-refractivity contribution is -0.384. The number of aromatic hydroxyl groups is 1. The van der Waals surface area contributed by atoms with Crippen LogP contribution in [-0.2, 0) is 4.79 Å². The molecule has 1 aliphatic rings. The van der Waals surface area contributed by atoms with Gasteiger partial charge in [-0.3, -0.25) is 14.9 Å².